The zero-order valence-electron chi connectivity index (χ0n) is 16.8. The van der Waals surface area contributed by atoms with Gasteiger partial charge in [0.25, 0.3) is 0 Å². The van der Waals surface area contributed by atoms with Crippen molar-refractivity contribution in [3.05, 3.63) is 77.4 Å². The number of esters is 1. The van der Waals surface area contributed by atoms with Crippen molar-refractivity contribution < 1.29 is 27.8 Å². The molecule has 0 aliphatic carbocycles. The summed E-state index contributed by atoms with van der Waals surface area (Å²) < 4.78 is 37.7. The van der Waals surface area contributed by atoms with Crippen LogP contribution in [-0.2, 0) is 16.1 Å². The van der Waals surface area contributed by atoms with E-state index in [1.165, 1.54) is 0 Å². The lowest BCUT2D eigenvalue weighted by molar-refractivity contribution is 0.00701. The first kappa shape index (κ1) is 21.2. The molecule has 0 aliphatic heterocycles. The van der Waals surface area contributed by atoms with Crippen molar-refractivity contribution in [1.82, 2.24) is 0 Å². The molecule has 0 aromatic heterocycles. The van der Waals surface area contributed by atoms with Crippen LogP contribution in [0.15, 0.2) is 54.6 Å². The van der Waals surface area contributed by atoms with Gasteiger partial charge < -0.3 is 9.47 Å². The minimum absolute atomic E-state index is 0.0396. The normalized spacial score (nSPS) is 11.2. The number of ether oxygens (including phenoxy) is 2. The standard InChI is InChI=1S/C23H21F2NO4/c1-23(2,3)30-21(27)17-11-18(24)19(25)12-20(17)26-22(28)29-13-14-8-9-15-6-4-5-7-16(15)10-14/h4-12H,13H2,1-3H3,(H,26,28). The van der Waals surface area contributed by atoms with Crippen molar-refractivity contribution in [2.24, 2.45) is 0 Å². The molecule has 0 saturated carbocycles. The highest BCUT2D eigenvalue weighted by Gasteiger charge is 2.23. The molecule has 0 aliphatic rings. The molecule has 1 N–H and O–H groups in total. The van der Waals surface area contributed by atoms with Crippen LogP contribution in [-0.4, -0.2) is 17.7 Å². The van der Waals surface area contributed by atoms with Gasteiger partial charge in [-0.2, -0.15) is 0 Å². The Bertz CT molecular complexity index is 1110. The number of nitrogens with one attached hydrogen (secondary N) is 1. The fourth-order valence-corrected chi connectivity index (χ4v) is 2.78. The maximum Gasteiger partial charge on any atom is 0.411 e. The molecule has 3 aromatic rings. The molecule has 1 amide bonds. The van der Waals surface area contributed by atoms with Crippen LogP contribution < -0.4 is 5.32 Å². The van der Waals surface area contributed by atoms with Crippen LogP contribution in [0.25, 0.3) is 10.8 Å². The monoisotopic (exact) mass is 413 g/mol. The SMILES string of the molecule is CC(C)(C)OC(=O)c1cc(F)c(F)cc1NC(=O)OCc1ccc2ccccc2c1. The van der Waals surface area contributed by atoms with E-state index in [2.05, 4.69) is 5.32 Å². The van der Waals surface area contributed by atoms with E-state index in [9.17, 15) is 18.4 Å². The fourth-order valence-electron chi connectivity index (χ4n) is 2.78. The third-order valence-electron chi connectivity index (χ3n) is 4.10. The summed E-state index contributed by atoms with van der Waals surface area (Å²) in [6, 6.07) is 14.7. The smallest absolute Gasteiger partial charge is 0.411 e. The third-order valence-corrected chi connectivity index (χ3v) is 4.10. The Hall–Kier alpha value is -3.48. The number of halogens is 2. The molecular formula is C23H21F2NO4. The molecule has 156 valence electrons. The average molecular weight is 413 g/mol. The number of amides is 1. The molecular weight excluding hydrogens is 392 g/mol. The average Bonchev–Trinajstić information content (AvgIpc) is 2.67. The molecule has 30 heavy (non-hydrogen) atoms. The van der Waals surface area contributed by atoms with E-state index in [1.54, 1.807) is 20.8 Å². The fraction of sp³-hybridized carbons (Fsp3) is 0.217. The van der Waals surface area contributed by atoms with Gasteiger partial charge in [0.15, 0.2) is 11.6 Å². The summed E-state index contributed by atoms with van der Waals surface area (Å²) in [6.45, 7) is 4.86. The molecule has 0 radical (unpaired) electrons. The Morgan fingerprint density at radius 2 is 1.60 bits per heavy atom. The van der Waals surface area contributed by atoms with Crippen LogP contribution in [0.5, 0.6) is 0 Å². The lowest BCUT2D eigenvalue weighted by Gasteiger charge is -2.20. The summed E-state index contributed by atoms with van der Waals surface area (Å²) in [7, 11) is 0. The van der Waals surface area contributed by atoms with Crippen LogP contribution in [0.3, 0.4) is 0 Å². The van der Waals surface area contributed by atoms with E-state index >= 15 is 0 Å². The first-order chi connectivity index (χ1) is 14.1. The minimum Gasteiger partial charge on any atom is -0.456 e. The summed E-state index contributed by atoms with van der Waals surface area (Å²) in [5.41, 5.74) is -0.657. The van der Waals surface area contributed by atoms with Gasteiger partial charge >= 0.3 is 12.1 Å². The number of anilines is 1. The van der Waals surface area contributed by atoms with Crippen molar-refractivity contribution in [1.29, 1.82) is 0 Å². The highest BCUT2D eigenvalue weighted by molar-refractivity contribution is 6.00. The zero-order chi connectivity index (χ0) is 21.9. The van der Waals surface area contributed by atoms with Crippen molar-refractivity contribution in [3.63, 3.8) is 0 Å². The second kappa shape index (κ2) is 8.49. The third kappa shape index (κ3) is 5.31. The van der Waals surface area contributed by atoms with Crippen molar-refractivity contribution in [2.75, 3.05) is 5.32 Å². The topological polar surface area (TPSA) is 64.6 Å². The molecule has 3 aromatic carbocycles. The van der Waals surface area contributed by atoms with Gasteiger partial charge in [-0.1, -0.05) is 36.4 Å². The maximum absolute atomic E-state index is 13.7. The summed E-state index contributed by atoms with van der Waals surface area (Å²) in [4.78, 5) is 24.5. The minimum atomic E-state index is -1.23. The Labute approximate surface area is 172 Å². The van der Waals surface area contributed by atoms with Crippen LogP contribution in [0, 0.1) is 11.6 Å². The summed E-state index contributed by atoms with van der Waals surface area (Å²) in [5.74, 6) is -3.34. The van der Waals surface area contributed by atoms with Gasteiger partial charge in [-0.3, -0.25) is 5.32 Å². The Morgan fingerprint density at radius 3 is 2.30 bits per heavy atom. The molecule has 0 heterocycles. The second-order valence-electron chi connectivity index (χ2n) is 7.70. The van der Waals surface area contributed by atoms with Gasteiger partial charge in [0.05, 0.1) is 11.3 Å². The quantitative estimate of drug-likeness (QED) is 0.547. The number of rotatable bonds is 4. The first-order valence-corrected chi connectivity index (χ1v) is 9.26. The highest BCUT2D eigenvalue weighted by Crippen LogP contribution is 2.24. The van der Waals surface area contributed by atoms with Crippen LogP contribution >= 0.6 is 0 Å². The van der Waals surface area contributed by atoms with Gasteiger partial charge in [0.1, 0.15) is 12.2 Å². The molecule has 0 unspecified atom stereocenters. The first-order valence-electron chi connectivity index (χ1n) is 9.26. The number of hydrogen-bond acceptors (Lipinski definition) is 4. The van der Waals surface area contributed by atoms with Gasteiger partial charge in [-0.25, -0.2) is 18.4 Å². The molecule has 0 atom stereocenters. The van der Waals surface area contributed by atoms with Gasteiger partial charge in [-0.15, -0.1) is 0 Å². The van der Waals surface area contributed by atoms with Crippen LogP contribution in [0.1, 0.15) is 36.7 Å². The van der Waals surface area contributed by atoms with E-state index in [0.717, 1.165) is 16.3 Å². The Kier molecular flexibility index (Phi) is 6.01. The van der Waals surface area contributed by atoms with Crippen molar-refractivity contribution >= 4 is 28.5 Å². The van der Waals surface area contributed by atoms with Crippen molar-refractivity contribution in [3.8, 4) is 0 Å². The van der Waals surface area contributed by atoms with E-state index in [-0.39, 0.29) is 17.9 Å². The molecule has 0 saturated heterocycles. The number of carbonyl (C=O) groups is 2. The Morgan fingerprint density at radius 1 is 0.933 bits per heavy atom. The highest BCUT2D eigenvalue weighted by atomic mass is 19.2. The molecule has 5 nitrogen and oxygen atoms in total. The molecule has 3 rings (SSSR count). The lowest BCUT2D eigenvalue weighted by Crippen LogP contribution is -2.25. The molecule has 0 fully saturated rings. The largest absolute Gasteiger partial charge is 0.456 e. The number of carbonyl (C=O) groups excluding carboxylic acids is 2. The Balaban J connectivity index is 1.73. The number of hydrogen-bond donors (Lipinski definition) is 1. The van der Waals surface area contributed by atoms with Crippen LogP contribution in [0.2, 0.25) is 0 Å². The number of fused-ring (bicyclic) bond motifs is 1. The maximum atomic E-state index is 13.7. The predicted octanol–water partition coefficient (Wildman–Crippen LogP) is 5.82. The molecule has 0 bridgehead atoms. The van der Waals surface area contributed by atoms with Crippen LogP contribution in [0.4, 0.5) is 19.3 Å². The van der Waals surface area contributed by atoms with E-state index in [4.69, 9.17) is 9.47 Å². The predicted molar refractivity (Wildman–Crippen MR) is 109 cm³/mol. The van der Waals surface area contributed by atoms with Crippen molar-refractivity contribution in [2.45, 2.75) is 33.0 Å². The van der Waals surface area contributed by atoms with Gasteiger partial charge in [0, 0.05) is 6.07 Å². The lowest BCUT2D eigenvalue weighted by atomic mass is 10.1. The van der Waals surface area contributed by atoms with Gasteiger partial charge in [0.2, 0.25) is 0 Å². The molecule has 0 spiro atoms. The summed E-state index contributed by atoms with van der Waals surface area (Å²) in [6.07, 6.45) is -0.918. The molecule has 7 heteroatoms. The van der Waals surface area contributed by atoms with E-state index in [1.807, 2.05) is 42.5 Å². The summed E-state index contributed by atoms with van der Waals surface area (Å²) in [5, 5.41) is 4.33. The number of benzene rings is 3. The second-order valence-corrected chi connectivity index (χ2v) is 7.70. The van der Waals surface area contributed by atoms with E-state index in [0.29, 0.717) is 12.1 Å². The van der Waals surface area contributed by atoms with E-state index < -0.39 is 29.3 Å². The zero-order valence-corrected chi connectivity index (χ0v) is 16.8. The summed E-state index contributed by atoms with van der Waals surface area (Å²) >= 11 is 0. The van der Waals surface area contributed by atoms with Gasteiger partial charge in [-0.05, 0) is 49.2 Å².